The van der Waals surface area contributed by atoms with Crippen molar-refractivity contribution in [2.75, 3.05) is 64.7 Å². The first-order valence-corrected chi connectivity index (χ1v) is 8.31. The SMILES string of the molecule is COCCC(=O)N1CCOCC1c1nccc(N2CCOCC2)n1. The molecule has 1 unspecified atom stereocenters. The largest absolute Gasteiger partial charge is 0.384 e. The van der Waals surface area contributed by atoms with Crippen LogP contribution < -0.4 is 4.90 Å². The molecule has 0 bridgehead atoms. The molecular weight excluding hydrogens is 312 g/mol. The molecule has 0 radical (unpaired) electrons. The molecule has 132 valence electrons. The summed E-state index contributed by atoms with van der Waals surface area (Å²) in [5.41, 5.74) is 0. The van der Waals surface area contributed by atoms with E-state index in [1.807, 2.05) is 6.07 Å². The van der Waals surface area contributed by atoms with E-state index in [0.717, 1.165) is 18.9 Å². The maximum Gasteiger partial charge on any atom is 0.225 e. The second-order valence-electron chi connectivity index (χ2n) is 5.79. The molecule has 0 aliphatic carbocycles. The Morgan fingerprint density at radius 3 is 2.88 bits per heavy atom. The van der Waals surface area contributed by atoms with E-state index in [9.17, 15) is 4.79 Å². The van der Waals surface area contributed by atoms with Gasteiger partial charge in [0.1, 0.15) is 11.9 Å². The number of aromatic nitrogens is 2. The van der Waals surface area contributed by atoms with Crippen LogP contribution in [-0.4, -0.2) is 80.6 Å². The van der Waals surface area contributed by atoms with Crippen molar-refractivity contribution >= 4 is 11.7 Å². The van der Waals surface area contributed by atoms with Crippen LogP contribution in [0.4, 0.5) is 5.82 Å². The number of carbonyl (C=O) groups is 1. The molecule has 1 aromatic heterocycles. The molecule has 8 heteroatoms. The van der Waals surface area contributed by atoms with Gasteiger partial charge >= 0.3 is 0 Å². The zero-order chi connectivity index (χ0) is 16.8. The van der Waals surface area contributed by atoms with Crippen LogP contribution in [0.25, 0.3) is 0 Å². The van der Waals surface area contributed by atoms with Gasteiger partial charge in [-0.2, -0.15) is 0 Å². The Kier molecular flexibility index (Phi) is 5.95. The minimum Gasteiger partial charge on any atom is -0.384 e. The van der Waals surface area contributed by atoms with Crippen LogP contribution in [0.1, 0.15) is 18.3 Å². The van der Waals surface area contributed by atoms with Crippen molar-refractivity contribution in [2.45, 2.75) is 12.5 Å². The smallest absolute Gasteiger partial charge is 0.225 e. The molecule has 2 aliphatic rings. The van der Waals surface area contributed by atoms with E-state index < -0.39 is 0 Å². The predicted octanol–water partition coefficient (Wildman–Crippen LogP) is 0.250. The van der Waals surface area contributed by atoms with Crippen molar-refractivity contribution in [3.63, 3.8) is 0 Å². The Labute approximate surface area is 141 Å². The zero-order valence-electron chi connectivity index (χ0n) is 14.0. The highest BCUT2D eigenvalue weighted by Gasteiger charge is 2.30. The molecule has 3 rings (SSSR count). The number of morpholine rings is 2. The third-order valence-electron chi connectivity index (χ3n) is 4.26. The lowest BCUT2D eigenvalue weighted by molar-refractivity contribution is -0.141. The first kappa shape index (κ1) is 17.1. The number of rotatable bonds is 5. The number of hydrogen-bond donors (Lipinski definition) is 0. The van der Waals surface area contributed by atoms with E-state index >= 15 is 0 Å². The molecular formula is C16H24N4O4. The van der Waals surface area contributed by atoms with Crippen LogP contribution in [0.15, 0.2) is 12.3 Å². The normalized spacial score (nSPS) is 21.8. The quantitative estimate of drug-likeness (QED) is 0.763. The van der Waals surface area contributed by atoms with Gasteiger partial charge in [-0.15, -0.1) is 0 Å². The topological polar surface area (TPSA) is 77.0 Å². The third kappa shape index (κ3) is 4.00. The van der Waals surface area contributed by atoms with E-state index in [1.165, 1.54) is 0 Å². The van der Waals surface area contributed by atoms with Crippen LogP contribution in [0.5, 0.6) is 0 Å². The highest BCUT2D eigenvalue weighted by atomic mass is 16.5. The fraction of sp³-hybridized carbons (Fsp3) is 0.688. The molecule has 0 N–H and O–H groups in total. The molecule has 0 spiro atoms. The highest BCUT2D eigenvalue weighted by Crippen LogP contribution is 2.24. The number of amides is 1. The number of ether oxygens (including phenoxy) is 3. The molecule has 1 aromatic rings. The minimum atomic E-state index is -0.246. The van der Waals surface area contributed by atoms with Crippen molar-refractivity contribution in [2.24, 2.45) is 0 Å². The molecule has 2 saturated heterocycles. The van der Waals surface area contributed by atoms with Crippen molar-refractivity contribution in [1.29, 1.82) is 0 Å². The third-order valence-corrected chi connectivity index (χ3v) is 4.26. The number of methoxy groups -OCH3 is 1. The average molecular weight is 336 g/mol. The number of hydrogen-bond acceptors (Lipinski definition) is 7. The standard InChI is InChI=1S/C16H24N4O4/c1-22-8-3-15(21)20-7-11-24-12-13(20)16-17-4-2-14(18-16)19-5-9-23-10-6-19/h2,4,13H,3,5-12H2,1H3. The van der Waals surface area contributed by atoms with Crippen molar-refractivity contribution in [3.05, 3.63) is 18.1 Å². The van der Waals surface area contributed by atoms with Crippen LogP contribution in [0, 0.1) is 0 Å². The summed E-state index contributed by atoms with van der Waals surface area (Å²) in [6.07, 6.45) is 2.11. The Morgan fingerprint density at radius 1 is 1.29 bits per heavy atom. The van der Waals surface area contributed by atoms with E-state index in [0.29, 0.717) is 51.8 Å². The molecule has 8 nitrogen and oxygen atoms in total. The molecule has 2 aliphatic heterocycles. The van der Waals surface area contributed by atoms with Gasteiger partial charge in [0.25, 0.3) is 0 Å². The van der Waals surface area contributed by atoms with Gasteiger partial charge in [-0.3, -0.25) is 4.79 Å². The summed E-state index contributed by atoms with van der Waals surface area (Å²) in [6, 6.07) is 1.65. The molecule has 0 saturated carbocycles. The summed E-state index contributed by atoms with van der Waals surface area (Å²) in [6.45, 7) is 4.96. The van der Waals surface area contributed by atoms with Gasteiger partial charge in [-0.25, -0.2) is 9.97 Å². The lowest BCUT2D eigenvalue weighted by atomic mass is 10.2. The van der Waals surface area contributed by atoms with Crippen LogP contribution in [0.2, 0.25) is 0 Å². The average Bonchev–Trinajstić information content (AvgIpc) is 2.67. The van der Waals surface area contributed by atoms with Crippen molar-refractivity contribution in [3.8, 4) is 0 Å². The second kappa shape index (κ2) is 8.36. The summed E-state index contributed by atoms with van der Waals surface area (Å²) in [5, 5.41) is 0. The van der Waals surface area contributed by atoms with Gasteiger partial charge in [0, 0.05) is 32.9 Å². The van der Waals surface area contributed by atoms with Crippen molar-refractivity contribution in [1.82, 2.24) is 14.9 Å². The summed E-state index contributed by atoms with van der Waals surface area (Å²) >= 11 is 0. The number of anilines is 1. The second-order valence-corrected chi connectivity index (χ2v) is 5.79. The van der Waals surface area contributed by atoms with Crippen LogP contribution in [-0.2, 0) is 19.0 Å². The summed E-state index contributed by atoms with van der Waals surface area (Å²) in [5.74, 6) is 1.55. The van der Waals surface area contributed by atoms with Gasteiger partial charge in [-0.1, -0.05) is 0 Å². The predicted molar refractivity (Wildman–Crippen MR) is 86.8 cm³/mol. The molecule has 0 aromatic carbocycles. The van der Waals surface area contributed by atoms with Gasteiger partial charge < -0.3 is 24.0 Å². The van der Waals surface area contributed by atoms with E-state index in [-0.39, 0.29) is 11.9 Å². The first-order chi connectivity index (χ1) is 11.8. The van der Waals surface area contributed by atoms with Crippen LogP contribution >= 0.6 is 0 Å². The maximum atomic E-state index is 12.4. The maximum absolute atomic E-state index is 12.4. The zero-order valence-corrected chi connectivity index (χ0v) is 14.0. The Hall–Kier alpha value is -1.77. The molecule has 24 heavy (non-hydrogen) atoms. The molecule has 3 heterocycles. The lowest BCUT2D eigenvalue weighted by Gasteiger charge is -2.35. The lowest BCUT2D eigenvalue weighted by Crippen LogP contribution is -2.44. The minimum absolute atomic E-state index is 0.0468. The highest BCUT2D eigenvalue weighted by molar-refractivity contribution is 5.76. The first-order valence-electron chi connectivity index (χ1n) is 8.31. The summed E-state index contributed by atoms with van der Waals surface area (Å²) in [7, 11) is 1.60. The monoisotopic (exact) mass is 336 g/mol. The fourth-order valence-corrected chi connectivity index (χ4v) is 2.94. The van der Waals surface area contributed by atoms with E-state index in [2.05, 4.69) is 14.9 Å². The van der Waals surface area contributed by atoms with E-state index in [1.54, 1.807) is 18.2 Å². The summed E-state index contributed by atoms with van der Waals surface area (Å²) < 4.78 is 16.0. The molecule has 1 amide bonds. The van der Waals surface area contributed by atoms with Gasteiger partial charge in [0.2, 0.25) is 5.91 Å². The van der Waals surface area contributed by atoms with Gasteiger partial charge in [0.05, 0.1) is 39.5 Å². The fourth-order valence-electron chi connectivity index (χ4n) is 2.94. The Bertz CT molecular complexity index is 551. The van der Waals surface area contributed by atoms with Gasteiger partial charge in [-0.05, 0) is 6.07 Å². The number of carbonyl (C=O) groups excluding carboxylic acids is 1. The molecule has 2 fully saturated rings. The van der Waals surface area contributed by atoms with Crippen molar-refractivity contribution < 1.29 is 19.0 Å². The Balaban J connectivity index is 1.76. The van der Waals surface area contributed by atoms with E-state index in [4.69, 9.17) is 14.2 Å². The summed E-state index contributed by atoms with van der Waals surface area (Å²) in [4.78, 5) is 25.5. The Morgan fingerprint density at radius 2 is 2.08 bits per heavy atom. The number of nitrogens with zero attached hydrogens (tertiary/aromatic N) is 4. The molecule has 1 atom stereocenters. The van der Waals surface area contributed by atoms with Gasteiger partial charge in [0.15, 0.2) is 5.82 Å². The van der Waals surface area contributed by atoms with Crippen LogP contribution in [0.3, 0.4) is 0 Å².